The lowest BCUT2D eigenvalue weighted by atomic mass is 9.95. The van der Waals surface area contributed by atoms with Gasteiger partial charge in [0.2, 0.25) is 6.29 Å². The molecule has 3 aliphatic rings. The number of hydrogen-bond acceptors (Lipinski definition) is 14. The van der Waals surface area contributed by atoms with Crippen molar-refractivity contribution in [3.63, 3.8) is 0 Å². The fraction of sp³-hybridized carbons (Fsp3) is 0.519. The van der Waals surface area contributed by atoms with Crippen LogP contribution in [0.5, 0.6) is 23.0 Å². The van der Waals surface area contributed by atoms with E-state index in [0.29, 0.717) is 5.56 Å². The summed E-state index contributed by atoms with van der Waals surface area (Å²) in [6.45, 7) is 1.05. The number of Topliss-reactive ketones (excluding diaryl/α,β-unsaturated/α-hetero) is 1. The van der Waals surface area contributed by atoms with Crippen molar-refractivity contribution in [2.45, 2.75) is 80.9 Å². The molecule has 3 aliphatic heterocycles. The molecular formula is C27H32O14. The standard InChI is InChI=1S/C27H32O14/c1-10-20(31)22(33)24(35)26(38-10)37-9-18-21(32)23(34)25(36)27(41-18)39-13-4-2-11(3-5-13)16-8-15(30)19-14(29)6-12(28)7-17(19)40-16/h2-7,10,16,18,20-29,31-36H,8-9H2,1H3/t10-,16+,18-,20+,21-,22+,23-,24+,25-,26-,27-/m1/s1. The van der Waals surface area contributed by atoms with Crippen LogP contribution in [0.2, 0.25) is 0 Å². The van der Waals surface area contributed by atoms with Gasteiger partial charge in [0.05, 0.1) is 19.1 Å². The molecule has 224 valence electrons. The number of carbonyl (C=O) groups excluding carboxylic acids is 1. The summed E-state index contributed by atoms with van der Waals surface area (Å²) in [6, 6.07) is 8.53. The molecule has 0 spiro atoms. The smallest absolute Gasteiger partial charge is 0.229 e. The molecule has 5 rings (SSSR count). The molecule has 2 fully saturated rings. The van der Waals surface area contributed by atoms with Crippen molar-refractivity contribution >= 4 is 5.78 Å². The van der Waals surface area contributed by atoms with Crippen molar-refractivity contribution in [3.05, 3.63) is 47.5 Å². The Morgan fingerprint density at radius 2 is 1.49 bits per heavy atom. The first-order valence-electron chi connectivity index (χ1n) is 13.0. The van der Waals surface area contributed by atoms with Gasteiger partial charge < -0.3 is 64.5 Å². The number of aliphatic hydroxyl groups excluding tert-OH is 6. The summed E-state index contributed by atoms with van der Waals surface area (Å²) >= 11 is 0. The van der Waals surface area contributed by atoms with E-state index in [1.54, 1.807) is 12.1 Å². The average Bonchev–Trinajstić information content (AvgIpc) is 2.93. The zero-order valence-electron chi connectivity index (χ0n) is 21.8. The van der Waals surface area contributed by atoms with Crippen molar-refractivity contribution in [2.24, 2.45) is 0 Å². The molecule has 0 aliphatic carbocycles. The first-order valence-corrected chi connectivity index (χ1v) is 13.0. The number of carbonyl (C=O) groups is 1. The minimum atomic E-state index is -1.68. The van der Waals surface area contributed by atoms with Crippen LogP contribution in [0.15, 0.2) is 36.4 Å². The van der Waals surface area contributed by atoms with E-state index in [2.05, 4.69) is 0 Å². The van der Waals surface area contributed by atoms with Gasteiger partial charge in [-0.2, -0.15) is 0 Å². The third kappa shape index (κ3) is 5.83. The van der Waals surface area contributed by atoms with Crippen LogP contribution in [-0.2, 0) is 14.2 Å². The maximum Gasteiger partial charge on any atom is 0.229 e. The van der Waals surface area contributed by atoms with Gasteiger partial charge in [-0.15, -0.1) is 0 Å². The summed E-state index contributed by atoms with van der Waals surface area (Å²) < 4.78 is 28.0. The Balaban J connectivity index is 1.22. The van der Waals surface area contributed by atoms with E-state index in [1.165, 1.54) is 25.1 Å². The largest absolute Gasteiger partial charge is 0.508 e. The molecule has 2 aromatic carbocycles. The van der Waals surface area contributed by atoms with Gasteiger partial charge in [0.25, 0.3) is 0 Å². The molecule has 0 saturated carbocycles. The number of aromatic hydroxyl groups is 2. The number of phenols is 2. The molecule has 2 saturated heterocycles. The molecule has 14 nitrogen and oxygen atoms in total. The van der Waals surface area contributed by atoms with Gasteiger partial charge in [-0.1, -0.05) is 12.1 Å². The Kier molecular flexibility index (Phi) is 8.39. The van der Waals surface area contributed by atoms with E-state index in [0.717, 1.165) is 6.07 Å². The summed E-state index contributed by atoms with van der Waals surface area (Å²) in [7, 11) is 0. The highest BCUT2D eigenvalue weighted by Crippen LogP contribution is 2.42. The Morgan fingerprint density at radius 3 is 2.20 bits per heavy atom. The molecule has 8 N–H and O–H groups in total. The van der Waals surface area contributed by atoms with Gasteiger partial charge >= 0.3 is 0 Å². The van der Waals surface area contributed by atoms with Crippen LogP contribution < -0.4 is 9.47 Å². The van der Waals surface area contributed by atoms with E-state index in [4.69, 9.17) is 23.7 Å². The molecular weight excluding hydrogens is 548 g/mol. The second-order valence-electron chi connectivity index (χ2n) is 10.3. The van der Waals surface area contributed by atoms with Crippen LogP contribution in [-0.4, -0.2) is 115 Å². The minimum Gasteiger partial charge on any atom is -0.508 e. The highest BCUT2D eigenvalue weighted by molar-refractivity contribution is 6.02. The van der Waals surface area contributed by atoms with Gasteiger partial charge in [-0.25, -0.2) is 0 Å². The number of fused-ring (bicyclic) bond motifs is 1. The minimum absolute atomic E-state index is 0.00504. The fourth-order valence-corrected chi connectivity index (χ4v) is 5.00. The van der Waals surface area contributed by atoms with Crippen molar-refractivity contribution in [1.29, 1.82) is 0 Å². The number of benzene rings is 2. The van der Waals surface area contributed by atoms with Gasteiger partial charge in [-0.05, 0) is 24.6 Å². The van der Waals surface area contributed by atoms with Crippen LogP contribution in [0.4, 0.5) is 0 Å². The maximum absolute atomic E-state index is 12.6. The predicted octanol–water partition coefficient (Wildman–Crippen LogP) is -1.17. The molecule has 41 heavy (non-hydrogen) atoms. The van der Waals surface area contributed by atoms with E-state index >= 15 is 0 Å². The monoisotopic (exact) mass is 580 g/mol. The van der Waals surface area contributed by atoms with Crippen LogP contribution in [0.3, 0.4) is 0 Å². The lowest BCUT2D eigenvalue weighted by Gasteiger charge is -2.42. The van der Waals surface area contributed by atoms with Crippen molar-refractivity contribution in [1.82, 2.24) is 0 Å². The quantitative estimate of drug-likeness (QED) is 0.202. The molecule has 3 heterocycles. The van der Waals surface area contributed by atoms with Gasteiger partial charge in [0.1, 0.15) is 77.4 Å². The summed E-state index contributed by atoms with van der Waals surface area (Å²) in [5.74, 6) is -0.734. The molecule has 14 heteroatoms. The number of ketones is 1. The van der Waals surface area contributed by atoms with Crippen LogP contribution >= 0.6 is 0 Å². The molecule has 11 atom stereocenters. The number of ether oxygens (including phenoxy) is 5. The second-order valence-corrected chi connectivity index (χ2v) is 10.3. The molecule has 2 aromatic rings. The number of hydrogen-bond donors (Lipinski definition) is 8. The predicted molar refractivity (Wildman–Crippen MR) is 134 cm³/mol. The third-order valence-electron chi connectivity index (χ3n) is 7.39. The van der Waals surface area contributed by atoms with Gasteiger partial charge in [0.15, 0.2) is 12.1 Å². The lowest BCUT2D eigenvalue weighted by Crippen LogP contribution is -2.61. The zero-order valence-corrected chi connectivity index (χ0v) is 21.8. The topological polar surface area (TPSA) is 225 Å². The maximum atomic E-state index is 12.6. The normalized spacial score (nSPS) is 37.2. The number of rotatable bonds is 6. The van der Waals surface area contributed by atoms with E-state index in [-0.39, 0.29) is 40.8 Å². The molecule has 0 amide bonds. The molecule has 0 bridgehead atoms. The van der Waals surface area contributed by atoms with Gasteiger partial charge in [-0.3, -0.25) is 4.79 Å². The lowest BCUT2D eigenvalue weighted by molar-refractivity contribution is -0.318. The number of phenolic OH excluding ortho intramolecular Hbond substituents is 2. The second kappa shape index (κ2) is 11.7. The summed E-state index contributed by atoms with van der Waals surface area (Å²) in [5.41, 5.74) is 0.577. The third-order valence-corrected chi connectivity index (χ3v) is 7.39. The van der Waals surface area contributed by atoms with E-state index in [1.807, 2.05) is 0 Å². The Hall–Kier alpha value is -3.05. The molecule has 0 radical (unpaired) electrons. The van der Waals surface area contributed by atoms with Crippen LogP contribution in [0.1, 0.15) is 35.4 Å². The summed E-state index contributed by atoms with van der Waals surface area (Å²) in [5, 5.41) is 80.9. The average molecular weight is 581 g/mol. The Bertz CT molecular complexity index is 1240. The molecule has 0 aromatic heterocycles. The highest BCUT2D eigenvalue weighted by Gasteiger charge is 2.47. The molecule has 0 unspecified atom stereocenters. The Morgan fingerprint density at radius 1 is 0.829 bits per heavy atom. The summed E-state index contributed by atoms with van der Waals surface area (Å²) in [6.07, 6.45) is -15.0. The van der Waals surface area contributed by atoms with Crippen molar-refractivity contribution < 1.29 is 69.3 Å². The Labute approximate surface area is 233 Å². The van der Waals surface area contributed by atoms with Crippen LogP contribution in [0.25, 0.3) is 0 Å². The SMILES string of the molecule is C[C@H]1O[C@@H](OC[C@H]2O[C@@H](Oc3ccc([C@@H]4CC(=O)c5c(O)cc(O)cc5O4)cc3)[C@H](O)[C@H](O)[C@@H]2O)[C@@H](O)[C@@H](O)[C@H]1O. The van der Waals surface area contributed by atoms with Crippen molar-refractivity contribution in [2.75, 3.05) is 6.61 Å². The first-order chi connectivity index (χ1) is 19.4. The number of aliphatic hydroxyl groups is 6. The first kappa shape index (κ1) is 29.4. The zero-order chi connectivity index (χ0) is 29.6. The highest BCUT2D eigenvalue weighted by atomic mass is 16.7. The van der Waals surface area contributed by atoms with E-state index < -0.39 is 74.1 Å². The van der Waals surface area contributed by atoms with Gasteiger partial charge in [0, 0.05) is 12.1 Å². The van der Waals surface area contributed by atoms with Crippen molar-refractivity contribution in [3.8, 4) is 23.0 Å². The van der Waals surface area contributed by atoms with E-state index in [9.17, 15) is 45.6 Å². The summed E-state index contributed by atoms with van der Waals surface area (Å²) in [4.78, 5) is 12.6. The fourth-order valence-electron chi connectivity index (χ4n) is 5.00. The van der Waals surface area contributed by atoms with Crippen LogP contribution in [0, 0.1) is 0 Å².